The molecule has 0 bridgehead atoms. The zero-order chi connectivity index (χ0) is 63.1. The number of rotatable bonds is 1. The SMILES string of the molecule is CC(C)(C)C#CC(C)(C)CO.CC(C)(C)C#CC(C)(C)O.CC(C)(C)C#CC1(O)CCC1.CC(C)(C)C#CC1(O)CCOCC1.CC(C)(C)C#CC1(O)COC1.CC(C)(C)C#CC1CCOCC1.CC(C)(C)N1CC2(CCOCC2)C1. The number of aliphatic hydroxyl groups is 5. The van der Waals surface area contributed by atoms with Gasteiger partial charge in [0.2, 0.25) is 0 Å². The smallest absolute Gasteiger partial charge is 0.171 e. The Balaban J connectivity index is 0.000000924. The number of aliphatic hydroxyl groups excluding tert-OH is 1. The van der Waals surface area contributed by atoms with Gasteiger partial charge in [0.05, 0.1) is 33.0 Å². The van der Waals surface area contributed by atoms with Gasteiger partial charge in [-0.1, -0.05) is 71.0 Å². The maximum absolute atomic E-state index is 9.98. The van der Waals surface area contributed by atoms with Gasteiger partial charge in [-0.3, -0.25) is 4.90 Å². The van der Waals surface area contributed by atoms with E-state index in [9.17, 15) is 20.4 Å². The van der Waals surface area contributed by atoms with Crippen LogP contribution in [0.3, 0.4) is 0 Å². The Labute approximate surface area is 498 Å². The van der Waals surface area contributed by atoms with E-state index in [0.29, 0.717) is 56.1 Å². The van der Waals surface area contributed by atoms with Crippen LogP contribution < -0.4 is 0 Å². The maximum Gasteiger partial charge on any atom is 0.171 e. The molecule has 5 aliphatic heterocycles. The van der Waals surface area contributed by atoms with Crippen molar-refractivity contribution in [3.8, 4) is 71.0 Å². The second-order valence-corrected chi connectivity index (χ2v) is 31.7. The second-order valence-electron chi connectivity index (χ2n) is 31.7. The van der Waals surface area contributed by atoms with Gasteiger partial charge in [-0.15, -0.1) is 0 Å². The molecule has 0 atom stereocenters. The number of ether oxygens (including phenoxy) is 4. The molecule has 5 N–H and O–H groups in total. The van der Waals surface area contributed by atoms with Crippen molar-refractivity contribution in [2.45, 2.75) is 259 Å². The summed E-state index contributed by atoms with van der Waals surface area (Å²) in [6, 6.07) is 0. The van der Waals surface area contributed by atoms with Gasteiger partial charge < -0.3 is 44.5 Å². The van der Waals surface area contributed by atoms with Crippen molar-refractivity contribution in [3.05, 3.63) is 0 Å². The van der Waals surface area contributed by atoms with E-state index < -0.39 is 22.4 Å². The zero-order valence-electron chi connectivity index (χ0n) is 56.5. The van der Waals surface area contributed by atoms with Gasteiger partial charge in [-0.05, 0) is 218 Å². The van der Waals surface area contributed by atoms with Crippen molar-refractivity contribution < 1.29 is 44.5 Å². The summed E-state index contributed by atoms with van der Waals surface area (Å²) in [5.74, 6) is 36.9. The molecule has 1 spiro atoms. The molecule has 464 valence electrons. The van der Waals surface area contributed by atoms with Crippen LogP contribution in [0.5, 0.6) is 0 Å². The lowest BCUT2D eigenvalue weighted by Gasteiger charge is -2.57. The highest BCUT2D eigenvalue weighted by Gasteiger charge is 2.47. The molecule has 0 aromatic rings. The highest BCUT2D eigenvalue weighted by molar-refractivity contribution is 5.22. The first-order valence-corrected chi connectivity index (χ1v) is 30.1. The molecule has 0 unspecified atom stereocenters. The fraction of sp³-hybridized carbons (Fsp3) is 0.831. The summed E-state index contributed by atoms with van der Waals surface area (Å²) < 4.78 is 20.7. The molecule has 1 saturated carbocycles. The molecule has 6 fully saturated rings. The average Bonchev–Trinajstić information content (AvgIpc) is 3.28. The highest BCUT2D eigenvalue weighted by Crippen LogP contribution is 2.43. The standard InChI is InChI=1S/C11H21NO.C11H18O2.C11H18O.C10H16O.C10H18O.C9H14O2.C9H16O/c1-10(2,3)12-8-11(9-12)4-6-13-7-5-11;1-10(2,3)4-5-11(12)6-8-13-9-7-11;1-11(2,3)7-4-10-5-8-12-9-6-10;1-9(2,3)7-8-10(11)5-4-6-10;1-9(2,3)6-7-10(4,5)8-11;1-8(2,3)4-5-9(10)6-11-7-9;1-8(2,3)6-7-9(4,5)10/h4-9H2,1-3H3;12H,6-9H2,1-3H3;10H,5-6,8-9H2,1-3H3;11H,4-6H2,1-3H3;11H,8H2,1-5H3;10H,6-7H2,1-3H3;10H,1-5H3. The summed E-state index contributed by atoms with van der Waals surface area (Å²) in [5, 5.41) is 47.2. The van der Waals surface area contributed by atoms with E-state index >= 15 is 0 Å². The molecule has 1 aliphatic carbocycles. The van der Waals surface area contributed by atoms with Crippen molar-refractivity contribution >= 4 is 0 Å². The minimum Gasteiger partial charge on any atom is -0.395 e. The first kappa shape index (κ1) is 78.0. The minimum atomic E-state index is -0.854. The molecular weight excluding hydrogens is 1010 g/mol. The first-order chi connectivity index (χ1) is 36.3. The largest absolute Gasteiger partial charge is 0.395 e. The van der Waals surface area contributed by atoms with E-state index in [4.69, 9.17) is 24.1 Å². The third-order valence-corrected chi connectivity index (χ3v) is 12.5. The third kappa shape index (κ3) is 42.4. The van der Waals surface area contributed by atoms with Crippen LogP contribution in [0.4, 0.5) is 0 Å². The van der Waals surface area contributed by atoms with Gasteiger partial charge in [-0.25, -0.2) is 0 Å². The molecule has 5 saturated heterocycles. The summed E-state index contributed by atoms with van der Waals surface area (Å²) in [5.41, 5.74) is -2.28. The van der Waals surface area contributed by atoms with E-state index in [0.717, 1.165) is 58.5 Å². The van der Waals surface area contributed by atoms with Gasteiger partial charge in [0, 0.05) is 107 Å². The molecule has 81 heavy (non-hydrogen) atoms. The van der Waals surface area contributed by atoms with E-state index in [-0.39, 0.29) is 44.5 Å². The average molecular weight is 1130 g/mol. The molecule has 6 rings (SSSR count). The third-order valence-electron chi connectivity index (χ3n) is 12.5. The molecule has 0 amide bonds. The molecule has 10 heteroatoms. The molecule has 5 heterocycles. The first-order valence-electron chi connectivity index (χ1n) is 30.1. The van der Waals surface area contributed by atoms with Crippen LogP contribution in [-0.4, -0.2) is 131 Å². The monoisotopic (exact) mass is 1130 g/mol. The summed E-state index contributed by atoms with van der Waals surface area (Å²) in [4.78, 5) is 2.58. The minimum absolute atomic E-state index is 0.0139. The molecule has 0 radical (unpaired) electrons. The van der Waals surface area contributed by atoms with Gasteiger partial charge in [-0.2, -0.15) is 0 Å². The Hall–Kier alpha value is -3.04. The van der Waals surface area contributed by atoms with Gasteiger partial charge in [0.1, 0.15) is 16.8 Å². The second kappa shape index (κ2) is 32.5. The quantitative estimate of drug-likeness (QED) is 0.161. The van der Waals surface area contributed by atoms with Crippen LogP contribution in [0.25, 0.3) is 0 Å². The lowest BCUT2D eigenvalue weighted by atomic mass is 9.71. The van der Waals surface area contributed by atoms with Crippen molar-refractivity contribution in [1.29, 1.82) is 0 Å². The van der Waals surface area contributed by atoms with E-state index in [2.05, 4.69) is 159 Å². The maximum atomic E-state index is 9.98. The van der Waals surface area contributed by atoms with E-state index in [1.165, 1.54) is 25.9 Å². The normalized spacial score (nSPS) is 20.1. The van der Waals surface area contributed by atoms with Crippen LogP contribution in [0, 0.1) is 120 Å². The van der Waals surface area contributed by atoms with Gasteiger partial charge in [0.25, 0.3) is 0 Å². The van der Waals surface area contributed by atoms with Crippen LogP contribution >= 0.6 is 0 Å². The number of likely N-dealkylation sites (tertiary alicyclic amines) is 1. The molecule has 10 nitrogen and oxygen atoms in total. The zero-order valence-corrected chi connectivity index (χ0v) is 56.5. The van der Waals surface area contributed by atoms with Gasteiger partial charge in [0.15, 0.2) is 5.60 Å². The molecule has 0 aromatic carbocycles. The van der Waals surface area contributed by atoms with Crippen molar-refractivity contribution in [1.82, 2.24) is 4.90 Å². The Bertz CT molecular complexity index is 2100. The summed E-state index contributed by atoms with van der Waals surface area (Å²) in [7, 11) is 0. The van der Waals surface area contributed by atoms with Crippen molar-refractivity contribution in [3.63, 3.8) is 0 Å². The van der Waals surface area contributed by atoms with Crippen LogP contribution in [0.15, 0.2) is 0 Å². The summed E-state index contributed by atoms with van der Waals surface area (Å²) in [6.45, 7) is 59.6. The van der Waals surface area contributed by atoms with Crippen LogP contribution in [-0.2, 0) is 18.9 Å². The van der Waals surface area contributed by atoms with Crippen LogP contribution in [0.2, 0.25) is 0 Å². The molecule has 0 aromatic heterocycles. The highest BCUT2D eigenvalue weighted by atomic mass is 16.5. The van der Waals surface area contributed by atoms with Crippen molar-refractivity contribution in [2.24, 2.45) is 49.2 Å². The Kier molecular flexibility index (Phi) is 31.2. The number of hydrogen-bond acceptors (Lipinski definition) is 10. The fourth-order valence-electron chi connectivity index (χ4n) is 7.01. The number of nitrogens with zero attached hydrogens (tertiary/aromatic N) is 1. The van der Waals surface area contributed by atoms with E-state index in [1.54, 1.807) is 13.8 Å². The lowest BCUT2D eigenvalue weighted by molar-refractivity contribution is -0.141. The molecular formula is C71H121NO9. The Morgan fingerprint density at radius 1 is 0.407 bits per heavy atom. The topological polar surface area (TPSA) is 141 Å². The summed E-state index contributed by atoms with van der Waals surface area (Å²) in [6.07, 6.45) is 8.89. The summed E-state index contributed by atoms with van der Waals surface area (Å²) >= 11 is 0. The van der Waals surface area contributed by atoms with Gasteiger partial charge >= 0.3 is 0 Å². The lowest BCUT2D eigenvalue weighted by Crippen LogP contribution is -2.63. The Morgan fingerprint density at radius 3 is 1.05 bits per heavy atom. The molecule has 6 aliphatic rings. The van der Waals surface area contributed by atoms with Crippen molar-refractivity contribution in [2.75, 3.05) is 72.6 Å². The van der Waals surface area contributed by atoms with Crippen LogP contribution in [0.1, 0.15) is 231 Å². The Morgan fingerprint density at radius 2 is 0.753 bits per heavy atom. The van der Waals surface area contributed by atoms with E-state index in [1.807, 2.05) is 76.2 Å². The number of hydrogen-bond donors (Lipinski definition) is 5. The predicted octanol–water partition coefficient (Wildman–Crippen LogP) is 12.5. The fourth-order valence-corrected chi connectivity index (χ4v) is 7.01. The predicted molar refractivity (Wildman–Crippen MR) is 337 cm³/mol.